The molecule has 1 aliphatic heterocycles. The molecule has 0 saturated heterocycles. The summed E-state index contributed by atoms with van der Waals surface area (Å²) in [6.45, 7) is 2.16. The van der Waals surface area contributed by atoms with E-state index in [0.717, 1.165) is 10.5 Å². The quantitative estimate of drug-likeness (QED) is 0.776. The van der Waals surface area contributed by atoms with E-state index in [2.05, 4.69) is 0 Å². The Balaban J connectivity index is 2.27. The minimum absolute atomic E-state index is 0.144. The Morgan fingerprint density at radius 3 is 2.83 bits per heavy atom. The average molecular weight is 259 g/mol. The van der Waals surface area contributed by atoms with Gasteiger partial charge in [-0.2, -0.15) is 13.2 Å². The first-order chi connectivity index (χ1) is 8.37. The van der Waals surface area contributed by atoms with Crippen LogP contribution in [0.4, 0.5) is 18.9 Å². The molecule has 1 amide bonds. The molecular weight excluding hydrogens is 247 g/mol. The number of aryl methyl sites for hydroxylation is 1. The van der Waals surface area contributed by atoms with Crippen LogP contribution in [0.5, 0.6) is 5.75 Å². The van der Waals surface area contributed by atoms with Gasteiger partial charge in [-0.3, -0.25) is 4.79 Å². The van der Waals surface area contributed by atoms with Crippen molar-refractivity contribution in [1.82, 2.24) is 0 Å². The van der Waals surface area contributed by atoms with Crippen molar-refractivity contribution in [1.29, 1.82) is 0 Å². The lowest BCUT2D eigenvalue weighted by molar-refractivity contribution is -0.152. The van der Waals surface area contributed by atoms with Crippen molar-refractivity contribution in [2.75, 3.05) is 18.1 Å². The molecule has 0 atom stereocenters. The Hall–Kier alpha value is -1.72. The molecule has 0 bridgehead atoms. The van der Waals surface area contributed by atoms with Crippen molar-refractivity contribution in [3.8, 4) is 5.75 Å². The third-order valence-electron chi connectivity index (χ3n) is 2.63. The number of carbonyl (C=O) groups is 1. The van der Waals surface area contributed by atoms with Crippen molar-refractivity contribution in [2.45, 2.75) is 19.5 Å². The second kappa shape index (κ2) is 4.51. The van der Waals surface area contributed by atoms with Crippen LogP contribution in [0.3, 0.4) is 0 Å². The molecule has 0 radical (unpaired) electrons. The van der Waals surface area contributed by atoms with E-state index in [9.17, 15) is 18.0 Å². The van der Waals surface area contributed by atoms with Gasteiger partial charge in [-0.1, -0.05) is 6.07 Å². The fraction of sp³-hybridized carbons (Fsp3) is 0.417. The maximum atomic E-state index is 12.2. The zero-order valence-corrected chi connectivity index (χ0v) is 9.75. The number of benzene rings is 1. The van der Waals surface area contributed by atoms with E-state index in [0.29, 0.717) is 11.4 Å². The van der Waals surface area contributed by atoms with Crippen LogP contribution in [0.25, 0.3) is 0 Å². The third-order valence-corrected chi connectivity index (χ3v) is 2.63. The van der Waals surface area contributed by atoms with Crippen molar-refractivity contribution < 1.29 is 22.7 Å². The summed E-state index contributed by atoms with van der Waals surface area (Å²) in [5, 5.41) is 0. The molecule has 98 valence electrons. The SMILES string of the molecule is Cc1ccc2c(c1)N(C(=O)CC(F)(F)F)CCO2. The number of hydrogen-bond acceptors (Lipinski definition) is 2. The van der Waals surface area contributed by atoms with Crippen molar-refractivity contribution >= 4 is 11.6 Å². The number of alkyl halides is 3. The van der Waals surface area contributed by atoms with Crippen LogP contribution < -0.4 is 9.64 Å². The van der Waals surface area contributed by atoms with Gasteiger partial charge in [-0.15, -0.1) is 0 Å². The molecule has 0 fully saturated rings. The summed E-state index contributed by atoms with van der Waals surface area (Å²) in [6, 6.07) is 5.11. The summed E-state index contributed by atoms with van der Waals surface area (Å²) < 4.78 is 42.0. The van der Waals surface area contributed by atoms with E-state index < -0.39 is 18.5 Å². The molecule has 18 heavy (non-hydrogen) atoms. The number of nitrogens with zero attached hydrogens (tertiary/aromatic N) is 1. The Kier molecular flexibility index (Phi) is 3.19. The Morgan fingerprint density at radius 1 is 1.44 bits per heavy atom. The highest BCUT2D eigenvalue weighted by Crippen LogP contribution is 2.34. The molecule has 0 aromatic heterocycles. The van der Waals surface area contributed by atoms with Crippen LogP contribution in [0, 0.1) is 6.92 Å². The summed E-state index contributed by atoms with van der Waals surface area (Å²) >= 11 is 0. The first-order valence-corrected chi connectivity index (χ1v) is 5.47. The highest BCUT2D eigenvalue weighted by atomic mass is 19.4. The summed E-state index contributed by atoms with van der Waals surface area (Å²) in [5.41, 5.74) is 1.28. The first-order valence-electron chi connectivity index (χ1n) is 5.47. The number of halogens is 3. The predicted molar refractivity (Wildman–Crippen MR) is 59.7 cm³/mol. The first kappa shape index (κ1) is 12.7. The van der Waals surface area contributed by atoms with Gasteiger partial charge in [0.25, 0.3) is 0 Å². The fourth-order valence-corrected chi connectivity index (χ4v) is 1.85. The molecule has 0 N–H and O–H groups in total. The summed E-state index contributed by atoms with van der Waals surface area (Å²) in [7, 11) is 0. The van der Waals surface area contributed by atoms with E-state index in [1.165, 1.54) is 0 Å². The Labute approximate surface area is 102 Å². The molecule has 0 aliphatic carbocycles. The van der Waals surface area contributed by atoms with Gasteiger partial charge in [0.15, 0.2) is 0 Å². The highest BCUT2D eigenvalue weighted by Gasteiger charge is 2.35. The van der Waals surface area contributed by atoms with Gasteiger partial charge < -0.3 is 9.64 Å². The normalized spacial score (nSPS) is 15.0. The average Bonchev–Trinajstić information content (AvgIpc) is 2.25. The maximum Gasteiger partial charge on any atom is 0.397 e. The zero-order chi connectivity index (χ0) is 13.3. The van der Waals surface area contributed by atoms with Crippen LogP contribution in [-0.4, -0.2) is 25.2 Å². The summed E-state index contributed by atoms with van der Waals surface area (Å²) in [4.78, 5) is 12.8. The van der Waals surface area contributed by atoms with Gasteiger partial charge in [0.05, 0.1) is 12.2 Å². The number of ether oxygens (including phenoxy) is 1. The second-order valence-electron chi connectivity index (χ2n) is 4.16. The van der Waals surface area contributed by atoms with Gasteiger partial charge in [0, 0.05) is 0 Å². The molecular formula is C12H12F3NO2. The number of anilines is 1. The van der Waals surface area contributed by atoms with Gasteiger partial charge in [0.2, 0.25) is 5.91 Å². The molecule has 1 aromatic carbocycles. The molecule has 0 saturated carbocycles. The van der Waals surface area contributed by atoms with E-state index in [4.69, 9.17) is 4.74 Å². The number of rotatable bonds is 1. The number of amides is 1. The molecule has 2 rings (SSSR count). The van der Waals surface area contributed by atoms with Crippen LogP contribution in [-0.2, 0) is 4.79 Å². The van der Waals surface area contributed by atoms with Gasteiger partial charge in [-0.05, 0) is 24.6 Å². The van der Waals surface area contributed by atoms with E-state index in [1.807, 2.05) is 0 Å². The lowest BCUT2D eigenvalue weighted by Gasteiger charge is -2.30. The van der Waals surface area contributed by atoms with Crippen molar-refractivity contribution in [2.24, 2.45) is 0 Å². The van der Waals surface area contributed by atoms with E-state index in [1.54, 1.807) is 25.1 Å². The topological polar surface area (TPSA) is 29.5 Å². The van der Waals surface area contributed by atoms with Gasteiger partial charge in [-0.25, -0.2) is 0 Å². The number of hydrogen-bond donors (Lipinski definition) is 0. The molecule has 3 nitrogen and oxygen atoms in total. The van der Waals surface area contributed by atoms with Gasteiger partial charge >= 0.3 is 6.18 Å². The van der Waals surface area contributed by atoms with E-state index >= 15 is 0 Å². The van der Waals surface area contributed by atoms with Gasteiger partial charge in [0.1, 0.15) is 18.8 Å². The van der Waals surface area contributed by atoms with Crippen LogP contribution in [0.15, 0.2) is 18.2 Å². The molecule has 0 unspecified atom stereocenters. The van der Waals surface area contributed by atoms with Crippen LogP contribution >= 0.6 is 0 Å². The maximum absolute atomic E-state index is 12.2. The van der Waals surface area contributed by atoms with Crippen molar-refractivity contribution in [3.63, 3.8) is 0 Å². The van der Waals surface area contributed by atoms with Crippen LogP contribution in [0.1, 0.15) is 12.0 Å². The third kappa shape index (κ3) is 2.75. The monoisotopic (exact) mass is 259 g/mol. The number of fused-ring (bicyclic) bond motifs is 1. The summed E-state index contributed by atoms with van der Waals surface area (Å²) in [5.74, 6) is -0.500. The van der Waals surface area contributed by atoms with Crippen LogP contribution in [0.2, 0.25) is 0 Å². The Morgan fingerprint density at radius 2 is 2.17 bits per heavy atom. The molecule has 6 heteroatoms. The Bertz CT molecular complexity index is 471. The largest absolute Gasteiger partial charge is 0.490 e. The fourth-order valence-electron chi connectivity index (χ4n) is 1.85. The molecule has 1 heterocycles. The van der Waals surface area contributed by atoms with Crippen molar-refractivity contribution in [3.05, 3.63) is 23.8 Å². The molecule has 0 spiro atoms. The zero-order valence-electron chi connectivity index (χ0n) is 9.75. The smallest absolute Gasteiger partial charge is 0.397 e. The highest BCUT2D eigenvalue weighted by molar-refractivity contribution is 5.95. The second-order valence-corrected chi connectivity index (χ2v) is 4.16. The molecule has 1 aromatic rings. The number of carbonyl (C=O) groups excluding carboxylic acids is 1. The molecule has 1 aliphatic rings. The van der Waals surface area contributed by atoms with E-state index in [-0.39, 0.29) is 13.2 Å². The summed E-state index contributed by atoms with van der Waals surface area (Å²) in [6.07, 6.45) is -5.93. The lowest BCUT2D eigenvalue weighted by atomic mass is 10.1. The standard InChI is InChI=1S/C12H12F3NO2/c1-8-2-3-10-9(6-8)16(4-5-18-10)11(17)7-12(13,14)15/h2-3,6H,4-5,7H2,1H3. The minimum atomic E-state index is -4.49. The minimum Gasteiger partial charge on any atom is -0.490 e. The predicted octanol–water partition coefficient (Wildman–Crippen LogP) is 2.67. The lowest BCUT2D eigenvalue weighted by Crippen LogP contribution is -2.39.